The Bertz CT molecular complexity index is 402. The molecule has 17 heavy (non-hydrogen) atoms. The molecular weight excluding hydrogens is 214 g/mol. The average Bonchev–Trinajstić information content (AvgIpc) is 2.29. The van der Waals surface area contributed by atoms with Crippen molar-refractivity contribution >= 4 is 17.3 Å². The van der Waals surface area contributed by atoms with E-state index in [1.807, 2.05) is 6.07 Å². The molecule has 0 spiro atoms. The zero-order valence-corrected chi connectivity index (χ0v) is 10.9. The molecule has 0 fully saturated rings. The molecule has 1 amide bonds. The van der Waals surface area contributed by atoms with Gasteiger partial charge in [0.2, 0.25) is 0 Å². The third-order valence-electron chi connectivity index (χ3n) is 2.77. The van der Waals surface area contributed by atoms with Crippen LogP contribution in [0.2, 0.25) is 0 Å². The number of amides is 1. The summed E-state index contributed by atoms with van der Waals surface area (Å²) in [5.74, 6) is -0.0842. The van der Waals surface area contributed by atoms with Gasteiger partial charge in [0.1, 0.15) is 0 Å². The molecule has 0 bridgehead atoms. The Morgan fingerprint density at radius 1 is 1.47 bits per heavy atom. The van der Waals surface area contributed by atoms with Gasteiger partial charge in [-0.1, -0.05) is 0 Å². The monoisotopic (exact) mass is 235 g/mol. The first-order valence-electron chi connectivity index (χ1n) is 5.89. The lowest BCUT2D eigenvalue weighted by atomic mass is 10.1. The Morgan fingerprint density at radius 2 is 2.12 bits per heavy atom. The fraction of sp³-hybridized carbons (Fsp3) is 0.462. The van der Waals surface area contributed by atoms with Crippen molar-refractivity contribution in [1.82, 2.24) is 5.32 Å². The molecule has 0 radical (unpaired) electrons. The first kappa shape index (κ1) is 13.4. The maximum Gasteiger partial charge on any atom is 0.253 e. The number of benzene rings is 1. The maximum absolute atomic E-state index is 11.8. The Balaban J connectivity index is 3.27. The number of carbonyl (C=O) groups excluding carboxylic acids is 1. The molecule has 0 saturated carbocycles. The minimum atomic E-state index is -0.0842. The van der Waals surface area contributed by atoms with Crippen LogP contribution in [-0.4, -0.2) is 25.5 Å². The second-order valence-electron chi connectivity index (χ2n) is 4.24. The number of anilines is 2. The summed E-state index contributed by atoms with van der Waals surface area (Å²) in [6.07, 6.45) is 0. The normalized spacial score (nSPS) is 10.4. The first-order valence-corrected chi connectivity index (χ1v) is 5.89. The first-order chi connectivity index (χ1) is 8.01. The van der Waals surface area contributed by atoms with Gasteiger partial charge in [0.15, 0.2) is 0 Å². The Labute approximate surface area is 103 Å². The molecule has 0 atom stereocenters. The molecule has 0 aliphatic rings. The molecule has 94 valence electrons. The van der Waals surface area contributed by atoms with E-state index < -0.39 is 0 Å². The summed E-state index contributed by atoms with van der Waals surface area (Å²) in [5.41, 5.74) is 8.03. The number of hydrogen-bond donors (Lipinski definition) is 2. The molecule has 3 N–H and O–H groups in total. The van der Waals surface area contributed by atoms with E-state index in [4.69, 9.17) is 5.73 Å². The van der Waals surface area contributed by atoms with Crippen LogP contribution in [-0.2, 0) is 0 Å². The molecule has 1 aromatic rings. The van der Waals surface area contributed by atoms with Crippen LogP contribution in [0, 0.1) is 0 Å². The van der Waals surface area contributed by atoms with Gasteiger partial charge in [-0.2, -0.15) is 0 Å². The van der Waals surface area contributed by atoms with Crippen LogP contribution in [0.1, 0.15) is 31.1 Å². The molecule has 0 unspecified atom stereocenters. The van der Waals surface area contributed by atoms with Crippen molar-refractivity contribution in [3.05, 3.63) is 23.8 Å². The summed E-state index contributed by atoms with van der Waals surface area (Å²) in [5, 5.41) is 2.65. The highest BCUT2D eigenvalue weighted by molar-refractivity contribution is 6.00. The van der Waals surface area contributed by atoms with E-state index >= 15 is 0 Å². The van der Waals surface area contributed by atoms with Crippen molar-refractivity contribution in [2.24, 2.45) is 0 Å². The largest absolute Gasteiger partial charge is 0.399 e. The summed E-state index contributed by atoms with van der Waals surface area (Å²) in [4.78, 5) is 14.0. The number of nitrogens with two attached hydrogens (primary N) is 1. The number of rotatable bonds is 4. The Hall–Kier alpha value is -1.71. The molecule has 0 aromatic heterocycles. The summed E-state index contributed by atoms with van der Waals surface area (Å²) < 4.78 is 0. The van der Waals surface area contributed by atoms with Crippen LogP contribution >= 0.6 is 0 Å². The van der Waals surface area contributed by atoms with Crippen molar-refractivity contribution in [3.8, 4) is 0 Å². The predicted molar refractivity (Wildman–Crippen MR) is 72.4 cm³/mol. The van der Waals surface area contributed by atoms with Gasteiger partial charge in [-0.15, -0.1) is 0 Å². The molecule has 4 heteroatoms. The summed E-state index contributed by atoms with van der Waals surface area (Å²) >= 11 is 0. The van der Waals surface area contributed by atoms with Gasteiger partial charge in [0, 0.05) is 25.3 Å². The fourth-order valence-corrected chi connectivity index (χ4v) is 1.93. The van der Waals surface area contributed by atoms with Gasteiger partial charge in [0.25, 0.3) is 5.91 Å². The lowest BCUT2D eigenvalue weighted by molar-refractivity contribution is 0.0963. The zero-order valence-electron chi connectivity index (χ0n) is 10.9. The number of nitrogens with zero attached hydrogens (tertiary/aromatic N) is 1. The van der Waals surface area contributed by atoms with Crippen molar-refractivity contribution in [3.63, 3.8) is 0 Å². The Kier molecular flexibility index (Phi) is 4.37. The second kappa shape index (κ2) is 5.57. The predicted octanol–water partition coefficient (Wildman–Crippen LogP) is 1.86. The second-order valence-corrected chi connectivity index (χ2v) is 4.24. The molecule has 0 aliphatic carbocycles. The lowest BCUT2D eigenvalue weighted by Gasteiger charge is -2.29. The molecule has 0 saturated heterocycles. The van der Waals surface area contributed by atoms with E-state index in [0.717, 1.165) is 12.2 Å². The van der Waals surface area contributed by atoms with Crippen LogP contribution in [0.3, 0.4) is 0 Å². The van der Waals surface area contributed by atoms with Crippen molar-refractivity contribution in [2.45, 2.75) is 26.8 Å². The summed E-state index contributed by atoms with van der Waals surface area (Å²) in [6, 6.07) is 5.70. The van der Waals surface area contributed by atoms with Crippen molar-refractivity contribution < 1.29 is 4.79 Å². The van der Waals surface area contributed by atoms with Crippen LogP contribution in [0.5, 0.6) is 0 Å². The maximum atomic E-state index is 11.8. The van der Waals surface area contributed by atoms with Crippen LogP contribution < -0.4 is 16.0 Å². The van der Waals surface area contributed by atoms with Crippen LogP contribution in [0.15, 0.2) is 18.2 Å². The van der Waals surface area contributed by atoms with E-state index in [1.54, 1.807) is 19.2 Å². The molecule has 1 aromatic carbocycles. The molecule has 4 nitrogen and oxygen atoms in total. The lowest BCUT2D eigenvalue weighted by Crippen LogP contribution is -2.33. The molecule has 1 rings (SSSR count). The van der Waals surface area contributed by atoms with Gasteiger partial charge >= 0.3 is 0 Å². The Morgan fingerprint density at radius 3 is 2.59 bits per heavy atom. The summed E-state index contributed by atoms with van der Waals surface area (Å²) in [6.45, 7) is 7.10. The minimum Gasteiger partial charge on any atom is -0.399 e. The van der Waals surface area contributed by atoms with Crippen molar-refractivity contribution in [1.29, 1.82) is 0 Å². The van der Waals surface area contributed by atoms with E-state index in [2.05, 4.69) is 31.0 Å². The number of carbonyl (C=O) groups is 1. The van der Waals surface area contributed by atoms with Crippen LogP contribution in [0.25, 0.3) is 0 Å². The van der Waals surface area contributed by atoms with Gasteiger partial charge in [-0.3, -0.25) is 4.79 Å². The molecular formula is C13H21N3O. The zero-order chi connectivity index (χ0) is 13.0. The van der Waals surface area contributed by atoms with E-state index in [1.165, 1.54) is 0 Å². The van der Waals surface area contributed by atoms with Gasteiger partial charge < -0.3 is 16.0 Å². The highest BCUT2D eigenvalue weighted by Crippen LogP contribution is 2.25. The smallest absolute Gasteiger partial charge is 0.253 e. The molecule has 0 heterocycles. The van der Waals surface area contributed by atoms with Gasteiger partial charge in [0.05, 0.1) is 11.3 Å². The summed E-state index contributed by atoms with van der Waals surface area (Å²) in [7, 11) is 1.63. The van der Waals surface area contributed by atoms with E-state index in [-0.39, 0.29) is 5.91 Å². The quantitative estimate of drug-likeness (QED) is 0.783. The molecule has 0 aliphatic heterocycles. The topological polar surface area (TPSA) is 58.4 Å². The third-order valence-corrected chi connectivity index (χ3v) is 2.77. The minimum absolute atomic E-state index is 0.0842. The fourth-order valence-electron chi connectivity index (χ4n) is 1.93. The third kappa shape index (κ3) is 2.90. The standard InChI is InChI=1S/C13H21N3O/c1-5-16(9(2)3)12-8-10(14)6-7-11(12)13(17)15-4/h6-9H,5,14H2,1-4H3,(H,15,17). The van der Waals surface area contributed by atoms with Gasteiger partial charge in [-0.25, -0.2) is 0 Å². The number of nitrogens with one attached hydrogen (secondary N) is 1. The highest BCUT2D eigenvalue weighted by Gasteiger charge is 2.17. The van der Waals surface area contributed by atoms with Crippen molar-refractivity contribution in [2.75, 3.05) is 24.2 Å². The average molecular weight is 235 g/mol. The highest BCUT2D eigenvalue weighted by atomic mass is 16.1. The van der Waals surface area contributed by atoms with Crippen LogP contribution in [0.4, 0.5) is 11.4 Å². The number of hydrogen-bond acceptors (Lipinski definition) is 3. The van der Waals surface area contributed by atoms with E-state index in [0.29, 0.717) is 17.3 Å². The van der Waals surface area contributed by atoms with Gasteiger partial charge in [-0.05, 0) is 39.0 Å². The number of nitrogen functional groups attached to an aromatic ring is 1. The van der Waals surface area contributed by atoms with E-state index in [9.17, 15) is 4.79 Å². The SMILES string of the molecule is CCN(c1cc(N)ccc1C(=O)NC)C(C)C.